The van der Waals surface area contributed by atoms with E-state index >= 15 is 0 Å². The molecule has 112 valence electrons. The van der Waals surface area contributed by atoms with E-state index in [1.54, 1.807) is 0 Å². The third-order valence-corrected chi connectivity index (χ3v) is 4.16. The molecule has 21 heavy (non-hydrogen) atoms. The third kappa shape index (κ3) is 3.64. The second-order valence-corrected chi connectivity index (χ2v) is 5.91. The standard InChI is InChI=1S/C17H23N3O/c1-14-4-6-16(7-5-14)21-17-12-19(13-17)15(2)8-11-20-10-3-9-18-20/h3-7,9-10,15,17H,8,11-13H2,1-2H3/t15-/m1/s1. The van der Waals surface area contributed by atoms with Gasteiger partial charge in [0.25, 0.3) is 0 Å². The average Bonchev–Trinajstić information content (AvgIpc) is 2.95. The molecule has 0 spiro atoms. The summed E-state index contributed by atoms with van der Waals surface area (Å²) in [6, 6.07) is 10.8. The molecule has 0 amide bonds. The highest BCUT2D eigenvalue weighted by Crippen LogP contribution is 2.21. The molecule has 0 unspecified atom stereocenters. The number of aryl methyl sites for hydroxylation is 2. The van der Waals surface area contributed by atoms with E-state index in [1.807, 2.05) is 23.1 Å². The highest BCUT2D eigenvalue weighted by molar-refractivity contribution is 5.26. The molecule has 0 radical (unpaired) electrons. The summed E-state index contributed by atoms with van der Waals surface area (Å²) in [5.74, 6) is 0.981. The van der Waals surface area contributed by atoms with Crippen LogP contribution < -0.4 is 4.74 Å². The monoisotopic (exact) mass is 285 g/mol. The molecule has 0 saturated carbocycles. The molecule has 3 rings (SSSR count). The van der Waals surface area contributed by atoms with Gasteiger partial charge in [-0.3, -0.25) is 9.58 Å². The van der Waals surface area contributed by atoms with Crippen LogP contribution in [0.2, 0.25) is 0 Å². The number of hydrogen-bond acceptors (Lipinski definition) is 3. The van der Waals surface area contributed by atoms with E-state index in [4.69, 9.17) is 4.74 Å². The van der Waals surface area contributed by atoms with Crippen LogP contribution in [0.5, 0.6) is 5.75 Å². The summed E-state index contributed by atoms with van der Waals surface area (Å²) in [5, 5.41) is 4.24. The summed E-state index contributed by atoms with van der Waals surface area (Å²) >= 11 is 0. The van der Waals surface area contributed by atoms with Gasteiger partial charge in [-0.2, -0.15) is 5.10 Å². The van der Waals surface area contributed by atoms with Gasteiger partial charge in [-0.1, -0.05) is 17.7 Å². The van der Waals surface area contributed by atoms with Crippen molar-refractivity contribution in [2.45, 2.75) is 39.0 Å². The van der Waals surface area contributed by atoms with E-state index in [9.17, 15) is 0 Å². The van der Waals surface area contributed by atoms with Crippen molar-refractivity contribution in [2.75, 3.05) is 13.1 Å². The normalized spacial score (nSPS) is 17.4. The van der Waals surface area contributed by atoms with Crippen molar-refractivity contribution in [1.82, 2.24) is 14.7 Å². The summed E-state index contributed by atoms with van der Waals surface area (Å²) in [7, 11) is 0. The van der Waals surface area contributed by atoms with Gasteiger partial charge in [-0.15, -0.1) is 0 Å². The molecular formula is C17H23N3O. The predicted molar refractivity (Wildman–Crippen MR) is 83.5 cm³/mol. The van der Waals surface area contributed by atoms with Crippen molar-refractivity contribution in [1.29, 1.82) is 0 Å². The first-order valence-electron chi connectivity index (χ1n) is 7.65. The number of aromatic nitrogens is 2. The SMILES string of the molecule is Cc1ccc(OC2CN([C@H](C)CCn3cccn3)C2)cc1. The molecule has 1 aromatic carbocycles. The van der Waals surface area contributed by atoms with E-state index in [-0.39, 0.29) is 0 Å². The molecule has 4 nitrogen and oxygen atoms in total. The fraction of sp³-hybridized carbons (Fsp3) is 0.471. The Bertz CT molecular complexity index is 544. The lowest BCUT2D eigenvalue weighted by molar-refractivity contribution is -0.00766. The maximum atomic E-state index is 5.98. The Morgan fingerprint density at radius 2 is 2.05 bits per heavy atom. The molecule has 1 saturated heterocycles. The zero-order chi connectivity index (χ0) is 14.7. The van der Waals surface area contributed by atoms with Crippen molar-refractivity contribution in [3.8, 4) is 5.75 Å². The van der Waals surface area contributed by atoms with Crippen molar-refractivity contribution in [3.63, 3.8) is 0 Å². The molecule has 1 aliphatic rings. The molecule has 0 bridgehead atoms. The van der Waals surface area contributed by atoms with Gasteiger partial charge in [0, 0.05) is 38.1 Å². The van der Waals surface area contributed by atoms with Gasteiger partial charge < -0.3 is 4.74 Å². The van der Waals surface area contributed by atoms with Crippen LogP contribution >= 0.6 is 0 Å². The zero-order valence-electron chi connectivity index (χ0n) is 12.8. The van der Waals surface area contributed by atoms with E-state index < -0.39 is 0 Å². The number of rotatable bonds is 6. The van der Waals surface area contributed by atoms with Crippen LogP contribution in [-0.4, -0.2) is 39.9 Å². The topological polar surface area (TPSA) is 30.3 Å². The highest BCUT2D eigenvalue weighted by Gasteiger charge is 2.31. The largest absolute Gasteiger partial charge is 0.488 e. The predicted octanol–water partition coefficient (Wildman–Crippen LogP) is 2.73. The van der Waals surface area contributed by atoms with Crippen molar-refractivity contribution in [3.05, 3.63) is 48.3 Å². The quantitative estimate of drug-likeness (QED) is 0.817. The Balaban J connectivity index is 1.39. The summed E-state index contributed by atoms with van der Waals surface area (Å²) in [6.07, 6.45) is 5.31. The molecule has 0 aliphatic carbocycles. The molecule has 4 heteroatoms. The molecular weight excluding hydrogens is 262 g/mol. The van der Waals surface area contributed by atoms with Gasteiger partial charge in [0.2, 0.25) is 0 Å². The first kappa shape index (κ1) is 14.1. The molecule has 2 aromatic rings. The van der Waals surface area contributed by atoms with Gasteiger partial charge in [0.15, 0.2) is 0 Å². The van der Waals surface area contributed by atoms with Crippen LogP contribution in [0.25, 0.3) is 0 Å². The van der Waals surface area contributed by atoms with Gasteiger partial charge in [-0.05, 0) is 38.5 Å². The number of nitrogens with zero attached hydrogens (tertiary/aromatic N) is 3. The third-order valence-electron chi connectivity index (χ3n) is 4.16. The van der Waals surface area contributed by atoms with E-state index in [0.29, 0.717) is 12.1 Å². The Morgan fingerprint density at radius 1 is 1.29 bits per heavy atom. The molecule has 0 N–H and O–H groups in total. The number of likely N-dealkylation sites (tertiary alicyclic amines) is 1. The minimum atomic E-state index is 0.333. The summed E-state index contributed by atoms with van der Waals surface area (Å²) in [4.78, 5) is 2.47. The van der Waals surface area contributed by atoms with Gasteiger partial charge in [-0.25, -0.2) is 0 Å². The molecule has 2 heterocycles. The summed E-state index contributed by atoms with van der Waals surface area (Å²) in [6.45, 7) is 7.40. The van der Waals surface area contributed by atoms with Crippen molar-refractivity contribution in [2.24, 2.45) is 0 Å². The van der Waals surface area contributed by atoms with Gasteiger partial charge >= 0.3 is 0 Å². The van der Waals surface area contributed by atoms with E-state index in [2.05, 4.69) is 48.1 Å². The second-order valence-electron chi connectivity index (χ2n) is 5.91. The minimum Gasteiger partial charge on any atom is -0.488 e. The number of hydrogen-bond donors (Lipinski definition) is 0. The van der Waals surface area contributed by atoms with Gasteiger partial charge in [0.1, 0.15) is 11.9 Å². The van der Waals surface area contributed by atoms with Gasteiger partial charge in [0.05, 0.1) is 0 Å². The smallest absolute Gasteiger partial charge is 0.124 e. The van der Waals surface area contributed by atoms with Crippen LogP contribution in [0.15, 0.2) is 42.7 Å². The lowest BCUT2D eigenvalue weighted by atomic mass is 10.1. The fourth-order valence-electron chi connectivity index (χ4n) is 2.65. The Kier molecular flexibility index (Phi) is 4.25. The molecule has 1 aromatic heterocycles. The summed E-state index contributed by atoms with van der Waals surface area (Å²) in [5.41, 5.74) is 1.27. The van der Waals surface area contributed by atoms with Crippen LogP contribution in [-0.2, 0) is 6.54 Å². The van der Waals surface area contributed by atoms with Crippen LogP contribution in [0.1, 0.15) is 18.9 Å². The maximum Gasteiger partial charge on any atom is 0.124 e. The summed E-state index contributed by atoms with van der Waals surface area (Å²) < 4.78 is 7.97. The van der Waals surface area contributed by atoms with Crippen LogP contribution in [0.4, 0.5) is 0 Å². The first-order chi connectivity index (χ1) is 10.2. The van der Waals surface area contributed by atoms with E-state index in [0.717, 1.165) is 31.8 Å². The van der Waals surface area contributed by atoms with Crippen molar-refractivity contribution < 1.29 is 4.74 Å². The van der Waals surface area contributed by atoms with Crippen LogP contribution in [0.3, 0.4) is 0 Å². The number of benzene rings is 1. The fourth-order valence-corrected chi connectivity index (χ4v) is 2.65. The zero-order valence-corrected chi connectivity index (χ0v) is 12.8. The first-order valence-corrected chi connectivity index (χ1v) is 7.65. The lowest BCUT2D eigenvalue weighted by Crippen LogP contribution is -2.57. The molecule has 1 fully saturated rings. The highest BCUT2D eigenvalue weighted by atomic mass is 16.5. The number of ether oxygens (including phenoxy) is 1. The lowest BCUT2D eigenvalue weighted by Gasteiger charge is -2.42. The second kappa shape index (κ2) is 6.31. The van der Waals surface area contributed by atoms with Crippen LogP contribution in [0, 0.1) is 6.92 Å². The maximum absolute atomic E-state index is 5.98. The average molecular weight is 285 g/mol. The molecule has 1 aliphatic heterocycles. The Labute approximate surface area is 126 Å². The molecule has 1 atom stereocenters. The Hall–Kier alpha value is -1.81. The van der Waals surface area contributed by atoms with Crippen molar-refractivity contribution >= 4 is 0 Å². The minimum absolute atomic E-state index is 0.333. The Morgan fingerprint density at radius 3 is 2.71 bits per heavy atom. The van der Waals surface area contributed by atoms with E-state index in [1.165, 1.54) is 5.56 Å².